The van der Waals surface area contributed by atoms with Crippen molar-refractivity contribution in [1.29, 1.82) is 0 Å². The van der Waals surface area contributed by atoms with Crippen molar-refractivity contribution in [2.75, 3.05) is 25.1 Å². The molecule has 8 heteroatoms. The molecule has 0 aliphatic carbocycles. The van der Waals surface area contributed by atoms with E-state index in [0.29, 0.717) is 29.3 Å². The summed E-state index contributed by atoms with van der Waals surface area (Å²) in [6.45, 7) is 7.50. The predicted octanol–water partition coefficient (Wildman–Crippen LogP) is 3.99. The molecule has 0 spiro atoms. The highest BCUT2D eigenvalue weighted by atomic mass is 32.1. The first-order chi connectivity index (χ1) is 13.9. The van der Waals surface area contributed by atoms with Crippen molar-refractivity contribution >= 4 is 34.2 Å². The number of carbonyl (C=O) groups excluding carboxylic acids is 3. The van der Waals surface area contributed by atoms with Crippen LogP contribution < -0.4 is 10.1 Å². The van der Waals surface area contributed by atoms with Gasteiger partial charge in [0.25, 0.3) is 5.91 Å². The maximum atomic E-state index is 12.3. The molecule has 0 unspecified atom stereocenters. The van der Waals surface area contributed by atoms with Crippen molar-refractivity contribution in [2.45, 2.75) is 34.1 Å². The van der Waals surface area contributed by atoms with Crippen molar-refractivity contribution in [1.82, 2.24) is 0 Å². The summed E-state index contributed by atoms with van der Waals surface area (Å²) >= 11 is 1.29. The third-order valence-corrected chi connectivity index (χ3v) is 5.10. The second-order valence-electron chi connectivity index (χ2n) is 5.97. The van der Waals surface area contributed by atoms with Gasteiger partial charge in [-0.25, -0.2) is 9.59 Å². The van der Waals surface area contributed by atoms with Gasteiger partial charge < -0.3 is 19.5 Å². The van der Waals surface area contributed by atoms with E-state index < -0.39 is 24.5 Å². The van der Waals surface area contributed by atoms with E-state index in [2.05, 4.69) is 5.32 Å². The summed E-state index contributed by atoms with van der Waals surface area (Å²) in [6, 6.07) is 6.66. The quantitative estimate of drug-likeness (QED) is 0.618. The Bertz CT molecular complexity index is 889. The van der Waals surface area contributed by atoms with Crippen LogP contribution in [0.3, 0.4) is 0 Å². The number of rotatable bonds is 9. The predicted molar refractivity (Wildman–Crippen MR) is 111 cm³/mol. The number of nitrogens with one attached hydrogen (secondary N) is 1. The first-order valence-corrected chi connectivity index (χ1v) is 10.2. The number of hydrogen-bond donors (Lipinski definition) is 1. The zero-order chi connectivity index (χ0) is 21.4. The summed E-state index contributed by atoms with van der Waals surface area (Å²) in [6.07, 6.45) is 0.634. The molecule has 0 fully saturated rings. The highest BCUT2D eigenvalue weighted by Gasteiger charge is 2.24. The minimum atomic E-state index is -0.661. The second kappa shape index (κ2) is 10.6. The summed E-state index contributed by atoms with van der Waals surface area (Å²) in [4.78, 5) is 37.9. The first-order valence-electron chi connectivity index (χ1n) is 9.40. The van der Waals surface area contributed by atoms with Crippen molar-refractivity contribution in [2.24, 2.45) is 0 Å². The van der Waals surface area contributed by atoms with E-state index in [1.54, 1.807) is 31.2 Å². The Hall–Kier alpha value is -2.87. The van der Waals surface area contributed by atoms with Gasteiger partial charge in [0.1, 0.15) is 16.3 Å². The fraction of sp³-hybridized carbons (Fsp3) is 0.381. The molecule has 0 saturated heterocycles. The lowest BCUT2D eigenvalue weighted by atomic mass is 10.1. The van der Waals surface area contributed by atoms with E-state index in [1.165, 1.54) is 11.3 Å². The Morgan fingerprint density at radius 3 is 2.38 bits per heavy atom. The smallest absolute Gasteiger partial charge is 0.342 e. The number of esters is 2. The van der Waals surface area contributed by atoms with Gasteiger partial charge in [0.2, 0.25) is 0 Å². The number of benzene rings is 1. The van der Waals surface area contributed by atoms with Crippen LogP contribution in [-0.4, -0.2) is 37.7 Å². The van der Waals surface area contributed by atoms with Gasteiger partial charge in [-0.05, 0) is 44.9 Å². The number of carbonyl (C=O) groups is 3. The van der Waals surface area contributed by atoms with Gasteiger partial charge in [0.15, 0.2) is 6.61 Å². The molecule has 156 valence electrons. The molecule has 29 heavy (non-hydrogen) atoms. The van der Waals surface area contributed by atoms with Crippen LogP contribution in [0.2, 0.25) is 0 Å². The Morgan fingerprint density at radius 2 is 1.72 bits per heavy atom. The van der Waals surface area contributed by atoms with Gasteiger partial charge in [0, 0.05) is 4.88 Å². The minimum Gasteiger partial charge on any atom is -0.493 e. The second-order valence-corrected chi connectivity index (χ2v) is 7.19. The van der Waals surface area contributed by atoms with E-state index in [1.807, 2.05) is 20.8 Å². The molecule has 0 atom stereocenters. The fourth-order valence-electron chi connectivity index (χ4n) is 2.80. The molecule has 0 saturated carbocycles. The maximum absolute atomic E-state index is 12.3. The highest BCUT2D eigenvalue weighted by molar-refractivity contribution is 7.16. The maximum Gasteiger partial charge on any atom is 0.342 e. The van der Waals surface area contributed by atoms with Crippen LogP contribution in [0.5, 0.6) is 5.75 Å². The lowest BCUT2D eigenvalue weighted by Crippen LogP contribution is -2.22. The normalized spacial score (nSPS) is 10.3. The van der Waals surface area contributed by atoms with Gasteiger partial charge in [-0.2, -0.15) is 0 Å². The Kier molecular flexibility index (Phi) is 8.21. The molecular formula is C21H25NO6S. The number of thiophene rings is 1. The molecule has 0 radical (unpaired) electrons. The van der Waals surface area contributed by atoms with Gasteiger partial charge in [-0.3, -0.25) is 4.79 Å². The van der Waals surface area contributed by atoms with Crippen molar-refractivity contribution < 1.29 is 28.6 Å². The molecule has 2 aromatic rings. The van der Waals surface area contributed by atoms with Gasteiger partial charge >= 0.3 is 11.9 Å². The van der Waals surface area contributed by atoms with Crippen molar-refractivity contribution in [3.63, 3.8) is 0 Å². The standard InChI is InChI=1S/C21H25NO6S/c1-5-14-13(4)29-19(18(14)21(25)27-7-3)22-17(23)12-28-20(24)15-10-8-9-11-16(15)26-6-2/h8-11H,5-7,12H2,1-4H3,(H,22,23). The molecular weight excluding hydrogens is 394 g/mol. The zero-order valence-electron chi connectivity index (χ0n) is 17.0. The lowest BCUT2D eigenvalue weighted by molar-refractivity contribution is -0.119. The number of para-hydroxylation sites is 1. The van der Waals surface area contributed by atoms with E-state index in [4.69, 9.17) is 14.2 Å². The largest absolute Gasteiger partial charge is 0.493 e. The summed E-state index contributed by atoms with van der Waals surface area (Å²) in [5, 5.41) is 3.06. The Balaban J connectivity index is 2.08. The molecule has 1 heterocycles. The molecule has 7 nitrogen and oxygen atoms in total. The molecule has 0 aliphatic heterocycles. The van der Waals surface area contributed by atoms with Crippen LogP contribution in [0, 0.1) is 6.92 Å². The molecule has 0 aliphatic rings. The SMILES string of the molecule is CCOC(=O)c1c(NC(=O)COC(=O)c2ccccc2OCC)sc(C)c1CC. The third-order valence-electron chi connectivity index (χ3n) is 4.04. The van der Waals surface area contributed by atoms with E-state index in [-0.39, 0.29) is 12.2 Å². The topological polar surface area (TPSA) is 90.9 Å². The first kappa shape index (κ1) is 22.4. The van der Waals surface area contributed by atoms with Gasteiger partial charge in [0.05, 0.1) is 18.8 Å². The monoisotopic (exact) mass is 419 g/mol. The highest BCUT2D eigenvalue weighted by Crippen LogP contribution is 2.34. The number of aryl methyl sites for hydroxylation is 1. The molecule has 1 aromatic carbocycles. The van der Waals surface area contributed by atoms with Crippen LogP contribution in [0.25, 0.3) is 0 Å². The van der Waals surface area contributed by atoms with Crippen LogP contribution in [0.4, 0.5) is 5.00 Å². The number of anilines is 1. The molecule has 1 amide bonds. The van der Waals surface area contributed by atoms with Gasteiger partial charge in [-0.1, -0.05) is 19.1 Å². The van der Waals surface area contributed by atoms with Crippen molar-refractivity contribution in [3.05, 3.63) is 45.8 Å². The summed E-state index contributed by atoms with van der Waals surface area (Å²) < 4.78 is 15.6. The Morgan fingerprint density at radius 1 is 1.00 bits per heavy atom. The van der Waals surface area contributed by atoms with E-state index >= 15 is 0 Å². The van der Waals surface area contributed by atoms with E-state index in [9.17, 15) is 14.4 Å². The minimum absolute atomic E-state index is 0.237. The summed E-state index contributed by atoms with van der Waals surface area (Å²) in [5.41, 5.74) is 1.44. The molecule has 2 rings (SSSR count). The summed E-state index contributed by atoms with van der Waals surface area (Å²) in [7, 11) is 0. The average molecular weight is 419 g/mol. The third kappa shape index (κ3) is 5.57. The average Bonchev–Trinajstić information content (AvgIpc) is 3.01. The molecule has 1 aromatic heterocycles. The lowest BCUT2D eigenvalue weighted by Gasteiger charge is -2.10. The fourth-order valence-corrected chi connectivity index (χ4v) is 3.95. The van der Waals surface area contributed by atoms with Gasteiger partial charge in [-0.15, -0.1) is 11.3 Å². The number of amides is 1. The molecule has 1 N–H and O–H groups in total. The van der Waals surface area contributed by atoms with Crippen LogP contribution in [0.15, 0.2) is 24.3 Å². The summed E-state index contributed by atoms with van der Waals surface area (Å²) in [5.74, 6) is -1.29. The van der Waals surface area contributed by atoms with Crippen molar-refractivity contribution in [3.8, 4) is 5.75 Å². The van der Waals surface area contributed by atoms with Crippen LogP contribution in [-0.2, 0) is 20.7 Å². The zero-order valence-corrected chi connectivity index (χ0v) is 17.8. The van der Waals surface area contributed by atoms with Crippen LogP contribution in [0.1, 0.15) is 51.9 Å². The molecule has 0 bridgehead atoms. The Labute approximate surface area is 174 Å². The number of ether oxygens (including phenoxy) is 3. The van der Waals surface area contributed by atoms with E-state index in [0.717, 1.165) is 10.4 Å². The number of hydrogen-bond acceptors (Lipinski definition) is 7. The van der Waals surface area contributed by atoms with Crippen LogP contribution >= 0.6 is 11.3 Å².